The minimum absolute atomic E-state index is 0.137. The van der Waals surface area contributed by atoms with Crippen LogP contribution < -0.4 is 0 Å². The maximum Gasteiger partial charge on any atom is 0.596 e. The minimum atomic E-state index is -0.397. The Morgan fingerprint density at radius 1 is 1.41 bits per heavy atom. The zero-order valence-corrected chi connectivity index (χ0v) is 9.51. The summed E-state index contributed by atoms with van der Waals surface area (Å²) in [5, 5.41) is 18.8. The van der Waals surface area contributed by atoms with E-state index in [1.165, 1.54) is 16.7 Å². The molecule has 0 spiro atoms. The van der Waals surface area contributed by atoms with Crippen molar-refractivity contribution in [1.82, 2.24) is 0 Å². The Hall–Kier alpha value is -2.04. The molecule has 0 radical (unpaired) electrons. The van der Waals surface area contributed by atoms with E-state index in [0.29, 0.717) is 19.6 Å². The van der Waals surface area contributed by atoms with Crippen LogP contribution in [-0.4, -0.2) is 40.2 Å². The molecule has 0 bridgehead atoms. The van der Waals surface area contributed by atoms with Gasteiger partial charge in [0.05, 0.1) is 6.61 Å². The number of aromatic hydroxyl groups is 2. The van der Waals surface area contributed by atoms with Crippen LogP contribution in [0.25, 0.3) is 0 Å². The summed E-state index contributed by atoms with van der Waals surface area (Å²) in [6.07, 6.45) is 1.85. The Bertz CT molecular complexity index is 494. The van der Waals surface area contributed by atoms with Crippen LogP contribution in [0, 0.1) is 0 Å². The van der Waals surface area contributed by atoms with E-state index in [2.05, 4.69) is 0 Å². The number of hydrogen-bond acceptors (Lipinski definition) is 4. The second kappa shape index (κ2) is 4.45. The smallest absolute Gasteiger partial charge is 0.504 e. The van der Waals surface area contributed by atoms with Crippen molar-refractivity contribution >= 4 is 12.3 Å². The van der Waals surface area contributed by atoms with Gasteiger partial charge in [-0.2, -0.15) is 4.79 Å². The minimum Gasteiger partial charge on any atom is -0.504 e. The Labute approximate surface area is 98.6 Å². The molecule has 0 saturated carbocycles. The van der Waals surface area contributed by atoms with Gasteiger partial charge < -0.3 is 14.9 Å². The molecule has 5 heteroatoms. The van der Waals surface area contributed by atoms with Crippen LogP contribution >= 0.6 is 0 Å². The molecule has 0 unspecified atom stereocenters. The quantitative estimate of drug-likeness (QED) is 0.568. The van der Waals surface area contributed by atoms with Gasteiger partial charge >= 0.3 is 6.09 Å². The molecule has 0 aliphatic carbocycles. The largest absolute Gasteiger partial charge is 0.596 e. The molecule has 1 aliphatic heterocycles. The number of carbonyl (C=O) groups excluding carboxylic acids is 1. The molecule has 0 atom stereocenters. The summed E-state index contributed by atoms with van der Waals surface area (Å²) in [6.45, 7) is 2.59. The first-order chi connectivity index (χ1) is 8.11. The Kier molecular flexibility index (Phi) is 2.99. The number of ether oxygens (including phenoxy) is 1. The Balaban J connectivity index is 2.34. The van der Waals surface area contributed by atoms with E-state index in [1.54, 1.807) is 13.1 Å². The molecule has 1 amide bonds. The van der Waals surface area contributed by atoms with E-state index in [4.69, 9.17) is 4.74 Å². The average molecular weight is 236 g/mol. The van der Waals surface area contributed by atoms with Gasteiger partial charge in [0.1, 0.15) is 0 Å². The molecule has 1 aliphatic rings. The number of phenolic OH excluding ortho intramolecular Hbond substituents is 2. The van der Waals surface area contributed by atoms with Crippen molar-refractivity contribution in [2.45, 2.75) is 13.3 Å². The molecular formula is C12H14NO4+. The maximum atomic E-state index is 11.5. The highest BCUT2D eigenvalue weighted by Crippen LogP contribution is 2.28. The highest BCUT2D eigenvalue weighted by atomic mass is 16.5. The van der Waals surface area contributed by atoms with Crippen LogP contribution in [0.2, 0.25) is 0 Å². The van der Waals surface area contributed by atoms with Crippen molar-refractivity contribution in [2.24, 2.45) is 0 Å². The highest BCUT2D eigenvalue weighted by Gasteiger charge is 2.25. The van der Waals surface area contributed by atoms with Gasteiger partial charge in [-0.15, -0.1) is 4.58 Å². The van der Waals surface area contributed by atoms with Gasteiger partial charge in [0.15, 0.2) is 24.3 Å². The Morgan fingerprint density at radius 3 is 2.82 bits per heavy atom. The van der Waals surface area contributed by atoms with Crippen LogP contribution in [-0.2, 0) is 11.2 Å². The summed E-state index contributed by atoms with van der Waals surface area (Å²) in [5.74, 6) is -0.326. The maximum absolute atomic E-state index is 11.5. The number of amides is 1. The SMILES string of the molecule is CCOC(=O)[N+]1=Cc2cc(O)c(O)cc2CC1. The standard InChI is InChI=1S/C12H13NO4/c1-2-17-12(16)13-4-3-8-5-10(14)11(15)6-9(8)7-13/h5-7,15H,2-4H2,1H3/p+1. The van der Waals surface area contributed by atoms with Crippen LogP contribution in [0.4, 0.5) is 4.79 Å². The third-order valence-electron chi connectivity index (χ3n) is 2.66. The Morgan fingerprint density at radius 2 is 2.12 bits per heavy atom. The van der Waals surface area contributed by atoms with Crippen molar-refractivity contribution in [2.75, 3.05) is 13.2 Å². The lowest BCUT2D eigenvalue weighted by atomic mass is 10.0. The lowest BCUT2D eigenvalue weighted by Crippen LogP contribution is -2.29. The zero-order chi connectivity index (χ0) is 12.4. The molecule has 1 heterocycles. The summed E-state index contributed by atoms with van der Waals surface area (Å²) in [6, 6.07) is 2.96. The van der Waals surface area contributed by atoms with Gasteiger partial charge in [0, 0.05) is 12.0 Å². The first-order valence-corrected chi connectivity index (χ1v) is 5.45. The third kappa shape index (κ3) is 2.22. The molecule has 90 valence electrons. The van der Waals surface area contributed by atoms with E-state index in [0.717, 1.165) is 11.1 Å². The summed E-state index contributed by atoms with van der Waals surface area (Å²) < 4.78 is 6.35. The predicted molar refractivity (Wildman–Crippen MR) is 60.8 cm³/mol. The van der Waals surface area contributed by atoms with Crippen molar-refractivity contribution in [3.05, 3.63) is 23.3 Å². The predicted octanol–water partition coefficient (Wildman–Crippen LogP) is 1.24. The molecule has 17 heavy (non-hydrogen) atoms. The van der Waals surface area contributed by atoms with Gasteiger partial charge in [-0.3, -0.25) is 0 Å². The monoisotopic (exact) mass is 236 g/mol. The zero-order valence-electron chi connectivity index (χ0n) is 9.51. The number of nitrogens with zero attached hydrogens (tertiary/aromatic N) is 1. The van der Waals surface area contributed by atoms with E-state index in [-0.39, 0.29) is 11.5 Å². The fourth-order valence-electron chi connectivity index (χ4n) is 1.80. The van der Waals surface area contributed by atoms with Crippen LogP contribution in [0.5, 0.6) is 11.5 Å². The lowest BCUT2D eigenvalue weighted by Gasteiger charge is -2.11. The highest BCUT2D eigenvalue weighted by molar-refractivity contribution is 5.83. The number of carbonyl (C=O) groups is 1. The first kappa shape index (κ1) is 11.4. The molecule has 2 rings (SSSR count). The fraction of sp³-hybridized carbons (Fsp3) is 0.333. The molecule has 0 saturated heterocycles. The van der Waals surface area contributed by atoms with Crippen molar-refractivity contribution in [3.63, 3.8) is 0 Å². The normalized spacial score (nSPS) is 13.8. The molecular weight excluding hydrogens is 222 g/mol. The van der Waals surface area contributed by atoms with Gasteiger partial charge in [0.25, 0.3) is 0 Å². The van der Waals surface area contributed by atoms with Crippen LogP contribution in [0.15, 0.2) is 12.1 Å². The average Bonchev–Trinajstić information content (AvgIpc) is 2.30. The fourth-order valence-corrected chi connectivity index (χ4v) is 1.80. The van der Waals surface area contributed by atoms with E-state index in [9.17, 15) is 15.0 Å². The van der Waals surface area contributed by atoms with Gasteiger partial charge in [-0.1, -0.05) is 0 Å². The molecule has 2 N–H and O–H groups in total. The summed E-state index contributed by atoms with van der Waals surface area (Å²) in [5.41, 5.74) is 1.63. The van der Waals surface area contributed by atoms with Crippen LogP contribution in [0.3, 0.4) is 0 Å². The molecule has 0 fully saturated rings. The van der Waals surface area contributed by atoms with E-state index >= 15 is 0 Å². The molecule has 0 aromatic heterocycles. The number of rotatable bonds is 1. The van der Waals surface area contributed by atoms with Crippen LogP contribution in [0.1, 0.15) is 18.1 Å². The van der Waals surface area contributed by atoms with Crippen molar-refractivity contribution in [1.29, 1.82) is 0 Å². The first-order valence-electron chi connectivity index (χ1n) is 5.45. The van der Waals surface area contributed by atoms with Crippen molar-refractivity contribution in [3.8, 4) is 11.5 Å². The molecule has 5 nitrogen and oxygen atoms in total. The third-order valence-corrected chi connectivity index (χ3v) is 2.66. The second-order valence-electron chi connectivity index (χ2n) is 3.81. The van der Waals surface area contributed by atoms with Gasteiger partial charge in [0.2, 0.25) is 0 Å². The summed E-state index contributed by atoms with van der Waals surface area (Å²) >= 11 is 0. The molecule has 1 aromatic carbocycles. The number of benzene rings is 1. The number of phenols is 2. The lowest BCUT2D eigenvalue weighted by molar-refractivity contribution is -0.442. The molecule has 1 aromatic rings. The topological polar surface area (TPSA) is 69.8 Å². The van der Waals surface area contributed by atoms with E-state index in [1.807, 2.05) is 0 Å². The van der Waals surface area contributed by atoms with Gasteiger partial charge in [-0.25, -0.2) is 0 Å². The van der Waals surface area contributed by atoms with E-state index < -0.39 is 6.09 Å². The number of fused-ring (bicyclic) bond motifs is 1. The summed E-state index contributed by atoms with van der Waals surface area (Å²) in [7, 11) is 0. The number of hydrogen-bond donors (Lipinski definition) is 2. The van der Waals surface area contributed by atoms with Gasteiger partial charge in [-0.05, 0) is 24.6 Å². The summed E-state index contributed by atoms with van der Waals surface area (Å²) in [4.78, 5) is 11.5. The second-order valence-corrected chi connectivity index (χ2v) is 3.81. The van der Waals surface area contributed by atoms with Crippen molar-refractivity contribution < 1.29 is 24.3 Å².